The van der Waals surface area contributed by atoms with Crippen LogP contribution in [0, 0.1) is 0 Å². The number of ether oxygens (including phenoxy) is 1. The molecule has 2 aromatic carbocycles. The first kappa shape index (κ1) is 19.0. The van der Waals surface area contributed by atoms with E-state index in [1.54, 1.807) is 0 Å². The number of hydrogen-bond acceptors (Lipinski definition) is 3. The van der Waals surface area contributed by atoms with Gasteiger partial charge in [-0.1, -0.05) is 42.4 Å². The van der Waals surface area contributed by atoms with Crippen LogP contribution in [-0.2, 0) is 17.8 Å². The number of halogens is 1. The van der Waals surface area contributed by atoms with E-state index in [2.05, 4.69) is 22.5 Å². The zero-order valence-corrected chi connectivity index (χ0v) is 15.8. The van der Waals surface area contributed by atoms with Gasteiger partial charge in [0.05, 0.1) is 22.6 Å². The molecular formula is C21H22ClN3O2. The summed E-state index contributed by atoms with van der Waals surface area (Å²) in [6.07, 6.45) is 2.84. The number of fused-ring (bicyclic) bond motifs is 1. The maximum Gasteiger partial charge on any atom is 0.243 e. The summed E-state index contributed by atoms with van der Waals surface area (Å²) >= 11 is 6.15. The summed E-state index contributed by atoms with van der Waals surface area (Å²) in [6, 6.07) is 15.5. The molecule has 0 radical (unpaired) electrons. The highest BCUT2D eigenvalue weighted by atomic mass is 35.5. The Morgan fingerprint density at radius 2 is 2.00 bits per heavy atom. The molecule has 0 aliphatic carbocycles. The summed E-state index contributed by atoms with van der Waals surface area (Å²) in [5.74, 6) is 1.50. The molecule has 0 fully saturated rings. The van der Waals surface area contributed by atoms with E-state index in [0.717, 1.165) is 29.7 Å². The Bertz CT molecular complexity index is 936. The Kier molecular flexibility index (Phi) is 6.49. The quantitative estimate of drug-likeness (QED) is 0.448. The molecule has 1 amide bonds. The van der Waals surface area contributed by atoms with Gasteiger partial charge in [-0.25, -0.2) is 4.98 Å². The number of carbonyl (C=O) groups is 1. The fourth-order valence-corrected chi connectivity index (χ4v) is 3.09. The minimum Gasteiger partial charge on any atom is -0.490 e. The molecule has 0 aliphatic heterocycles. The zero-order valence-electron chi connectivity index (χ0n) is 15.0. The fraction of sp³-hybridized carbons (Fsp3) is 0.238. The van der Waals surface area contributed by atoms with Crippen LogP contribution in [-0.4, -0.2) is 28.6 Å². The van der Waals surface area contributed by atoms with Crippen LogP contribution in [0.4, 0.5) is 0 Å². The van der Waals surface area contributed by atoms with Crippen molar-refractivity contribution < 1.29 is 9.53 Å². The standard InChI is InChI=1S/C21H22ClN3O2/c1-2-21(26)23-13-7-12-20-24-17-9-4-5-10-18(17)25(20)14-15-27-19-11-6-3-8-16(19)22/h2-6,8-11H,1,7,12-15H2,(H,23,26). The van der Waals surface area contributed by atoms with Gasteiger partial charge in [0.25, 0.3) is 0 Å². The molecule has 27 heavy (non-hydrogen) atoms. The molecule has 1 heterocycles. The number of benzene rings is 2. The average molecular weight is 384 g/mol. The number of para-hydroxylation sites is 3. The second kappa shape index (κ2) is 9.24. The Morgan fingerprint density at radius 1 is 1.22 bits per heavy atom. The molecule has 140 valence electrons. The largest absolute Gasteiger partial charge is 0.490 e. The zero-order chi connectivity index (χ0) is 19.1. The normalized spacial score (nSPS) is 10.7. The summed E-state index contributed by atoms with van der Waals surface area (Å²) in [7, 11) is 0. The van der Waals surface area contributed by atoms with E-state index >= 15 is 0 Å². The molecule has 0 spiro atoms. The first-order valence-electron chi connectivity index (χ1n) is 8.91. The lowest BCUT2D eigenvalue weighted by molar-refractivity contribution is -0.116. The van der Waals surface area contributed by atoms with Crippen molar-refractivity contribution in [1.82, 2.24) is 14.9 Å². The van der Waals surface area contributed by atoms with E-state index in [-0.39, 0.29) is 5.91 Å². The topological polar surface area (TPSA) is 56.2 Å². The summed E-state index contributed by atoms with van der Waals surface area (Å²) < 4.78 is 8.01. The van der Waals surface area contributed by atoms with Crippen molar-refractivity contribution in [2.75, 3.05) is 13.2 Å². The fourth-order valence-electron chi connectivity index (χ4n) is 2.90. The van der Waals surface area contributed by atoms with Crippen LogP contribution in [0.2, 0.25) is 5.02 Å². The number of nitrogens with zero attached hydrogens (tertiary/aromatic N) is 2. The van der Waals surface area contributed by atoms with Crippen LogP contribution >= 0.6 is 11.6 Å². The third-order valence-electron chi connectivity index (χ3n) is 4.20. The number of aromatic nitrogens is 2. The molecule has 1 aromatic heterocycles. The van der Waals surface area contributed by atoms with E-state index in [0.29, 0.717) is 30.5 Å². The van der Waals surface area contributed by atoms with Gasteiger partial charge in [-0.2, -0.15) is 0 Å². The van der Waals surface area contributed by atoms with Crippen molar-refractivity contribution in [3.8, 4) is 5.75 Å². The third kappa shape index (κ3) is 4.89. The predicted octanol–water partition coefficient (Wildman–Crippen LogP) is 4.00. The highest BCUT2D eigenvalue weighted by Crippen LogP contribution is 2.23. The van der Waals surface area contributed by atoms with Crippen LogP contribution in [0.3, 0.4) is 0 Å². The molecule has 0 bridgehead atoms. The van der Waals surface area contributed by atoms with Crippen molar-refractivity contribution >= 4 is 28.5 Å². The summed E-state index contributed by atoms with van der Waals surface area (Å²) in [6.45, 7) is 5.20. The van der Waals surface area contributed by atoms with Crippen LogP contribution in [0.5, 0.6) is 5.75 Å². The summed E-state index contributed by atoms with van der Waals surface area (Å²) in [5.41, 5.74) is 2.03. The van der Waals surface area contributed by atoms with Gasteiger partial charge in [0.15, 0.2) is 0 Å². The van der Waals surface area contributed by atoms with Gasteiger partial charge in [-0.05, 0) is 36.8 Å². The molecule has 1 N–H and O–H groups in total. The lowest BCUT2D eigenvalue weighted by atomic mass is 10.3. The van der Waals surface area contributed by atoms with Crippen molar-refractivity contribution in [2.24, 2.45) is 0 Å². The van der Waals surface area contributed by atoms with Crippen molar-refractivity contribution in [1.29, 1.82) is 0 Å². The van der Waals surface area contributed by atoms with E-state index in [4.69, 9.17) is 21.3 Å². The number of amides is 1. The van der Waals surface area contributed by atoms with E-state index in [1.165, 1.54) is 6.08 Å². The van der Waals surface area contributed by atoms with Crippen LogP contribution < -0.4 is 10.1 Å². The van der Waals surface area contributed by atoms with Gasteiger partial charge in [0, 0.05) is 13.0 Å². The molecule has 0 atom stereocenters. The van der Waals surface area contributed by atoms with Crippen molar-refractivity contribution in [2.45, 2.75) is 19.4 Å². The molecule has 6 heteroatoms. The average Bonchev–Trinajstić information content (AvgIpc) is 3.04. The molecule has 5 nitrogen and oxygen atoms in total. The second-order valence-corrected chi connectivity index (χ2v) is 6.45. The minimum absolute atomic E-state index is 0.156. The molecule has 0 saturated heterocycles. The SMILES string of the molecule is C=CC(=O)NCCCc1nc2ccccc2n1CCOc1ccccc1Cl. The number of carbonyl (C=O) groups excluding carboxylic acids is 1. The van der Waals surface area contributed by atoms with Crippen molar-refractivity contribution in [3.05, 3.63) is 72.0 Å². The first-order chi connectivity index (χ1) is 13.2. The van der Waals surface area contributed by atoms with Crippen LogP contribution in [0.25, 0.3) is 11.0 Å². The van der Waals surface area contributed by atoms with Gasteiger partial charge in [0.2, 0.25) is 5.91 Å². The van der Waals surface area contributed by atoms with Gasteiger partial charge >= 0.3 is 0 Å². The highest BCUT2D eigenvalue weighted by molar-refractivity contribution is 6.32. The molecule has 0 aliphatic rings. The van der Waals surface area contributed by atoms with Gasteiger partial charge in [0.1, 0.15) is 18.2 Å². The van der Waals surface area contributed by atoms with E-state index in [9.17, 15) is 4.79 Å². The van der Waals surface area contributed by atoms with E-state index in [1.807, 2.05) is 42.5 Å². The number of imidazole rings is 1. The van der Waals surface area contributed by atoms with E-state index < -0.39 is 0 Å². The molecule has 0 saturated carbocycles. The Balaban J connectivity index is 1.67. The molecular weight excluding hydrogens is 362 g/mol. The smallest absolute Gasteiger partial charge is 0.243 e. The summed E-state index contributed by atoms with van der Waals surface area (Å²) in [4.78, 5) is 16.0. The number of aryl methyl sites for hydroxylation is 1. The Hall–Kier alpha value is -2.79. The molecule has 3 aromatic rings. The molecule has 3 rings (SSSR count). The predicted molar refractivity (Wildman–Crippen MR) is 108 cm³/mol. The third-order valence-corrected chi connectivity index (χ3v) is 4.52. The lowest BCUT2D eigenvalue weighted by Gasteiger charge is -2.12. The minimum atomic E-state index is -0.156. The van der Waals surface area contributed by atoms with Gasteiger partial charge < -0.3 is 14.6 Å². The number of nitrogens with one attached hydrogen (secondary N) is 1. The maximum absolute atomic E-state index is 11.3. The number of rotatable bonds is 9. The van der Waals surface area contributed by atoms with Crippen molar-refractivity contribution in [3.63, 3.8) is 0 Å². The molecule has 0 unspecified atom stereocenters. The second-order valence-electron chi connectivity index (χ2n) is 6.05. The first-order valence-corrected chi connectivity index (χ1v) is 9.28. The monoisotopic (exact) mass is 383 g/mol. The summed E-state index contributed by atoms with van der Waals surface area (Å²) in [5, 5.41) is 3.40. The number of hydrogen-bond donors (Lipinski definition) is 1. The van der Waals surface area contributed by atoms with Crippen LogP contribution in [0.15, 0.2) is 61.2 Å². The van der Waals surface area contributed by atoms with Gasteiger partial charge in [-0.15, -0.1) is 0 Å². The maximum atomic E-state index is 11.3. The Morgan fingerprint density at radius 3 is 2.81 bits per heavy atom. The lowest BCUT2D eigenvalue weighted by Crippen LogP contribution is -2.22. The Labute approximate surface area is 163 Å². The van der Waals surface area contributed by atoms with Gasteiger partial charge in [-0.3, -0.25) is 4.79 Å². The highest BCUT2D eigenvalue weighted by Gasteiger charge is 2.11. The van der Waals surface area contributed by atoms with Crippen LogP contribution in [0.1, 0.15) is 12.2 Å².